The van der Waals surface area contributed by atoms with Gasteiger partial charge in [0.25, 0.3) is 0 Å². The zero-order valence-electron chi connectivity index (χ0n) is 4.36. The Morgan fingerprint density at radius 3 is 1.90 bits per heavy atom. The molecular weight excluding hydrogens is 161 g/mol. The lowest BCUT2D eigenvalue weighted by molar-refractivity contribution is -0.298. The van der Waals surface area contributed by atoms with Gasteiger partial charge in [0.05, 0.1) is 5.34 Å². The van der Waals surface area contributed by atoms with Gasteiger partial charge in [0.15, 0.2) is 0 Å². The van der Waals surface area contributed by atoms with Crippen molar-refractivity contribution in [2.24, 2.45) is 10.9 Å². The van der Waals surface area contributed by atoms with Crippen LogP contribution in [0.25, 0.3) is 0 Å². The molecule has 0 aliphatic rings. The summed E-state index contributed by atoms with van der Waals surface area (Å²) in [5.41, 5.74) is 4.06. The molecule has 0 atom stereocenters. The highest BCUT2D eigenvalue weighted by Gasteiger charge is 2.44. The first-order valence-electron chi connectivity index (χ1n) is 1.87. The van der Waals surface area contributed by atoms with Crippen LogP contribution in [0.3, 0.4) is 0 Å². The molecule has 0 bridgehead atoms. The van der Waals surface area contributed by atoms with Crippen LogP contribution < -0.4 is 5.73 Å². The maximum absolute atomic E-state index is 11.6. The van der Waals surface area contributed by atoms with E-state index in [9.17, 15) is 22.2 Å². The highest BCUT2D eigenvalue weighted by Crippen LogP contribution is 2.20. The summed E-state index contributed by atoms with van der Waals surface area (Å²) in [7, 11) is 0. The Morgan fingerprint density at radius 1 is 1.40 bits per heavy atom. The topological polar surface area (TPSA) is 41.6 Å². The molecule has 0 fully saturated rings. The van der Waals surface area contributed by atoms with Crippen molar-refractivity contribution in [1.29, 1.82) is 0 Å². The molecule has 0 rings (SSSR count). The fourth-order valence-corrected chi connectivity index (χ4v) is 0.137. The van der Waals surface area contributed by atoms with Gasteiger partial charge in [0.1, 0.15) is 0 Å². The second-order valence-electron chi connectivity index (χ2n) is 1.24. The fourth-order valence-electron chi connectivity index (χ4n) is 0.137. The summed E-state index contributed by atoms with van der Waals surface area (Å²) in [5, 5.41) is -1.33. The summed E-state index contributed by atoms with van der Waals surface area (Å²) in [5.74, 6) is -2.09. The molecule has 0 unspecified atom stereocenters. The molecule has 0 heterocycles. The van der Waals surface area contributed by atoms with Gasteiger partial charge in [-0.2, -0.15) is 8.78 Å². The van der Waals surface area contributed by atoms with E-state index in [0.29, 0.717) is 0 Å². The molecule has 0 saturated heterocycles. The van der Waals surface area contributed by atoms with Crippen LogP contribution >= 0.6 is 0 Å². The molecule has 0 radical (unpaired) electrons. The van der Waals surface area contributed by atoms with Crippen LogP contribution in [-0.4, -0.2) is 17.2 Å². The normalized spacial score (nSPS) is 14.4. The van der Waals surface area contributed by atoms with Crippen molar-refractivity contribution < 1.29 is 22.2 Å². The van der Waals surface area contributed by atoms with Gasteiger partial charge in [0.2, 0.25) is 5.84 Å². The van der Waals surface area contributed by atoms with E-state index < -0.39 is 17.2 Å². The Kier molecular flexibility index (Phi) is 2.52. The molecule has 0 spiro atoms. The molecular formula is C2H2F5N3. The molecule has 0 aliphatic heterocycles. The molecule has 0 amide bonds. The summed E-state index contributed by atoms with van der Waals surface area (Å²) in [6, 6.07) is -4.84. The van der Waals surface area contributed by atoms with Crippen molar-refractivity contribution in [1.82, 2.24) is 5.34 Å². The molecule has 3 nitrogen and oxygen atoms in total. The summed E-state index contributed by atoms with van der Waals surface area (Å²) >= 11 is 0. The average Bonchev–Trinajstić information content (AvgIpc) is 1.86. The van der Waals surface area contributed by atoms with Crippen LogP contribution in [0.4, 0.5) is 22.2 Å². The van der Waals surface area contributed by atoms with E-state index in [1.165, 1.54) is 5.21 Å². The zero-order valence-corrected chi connectivity index (χ0v) is 4.36. The number of amidine groups is 1. The monoisotopic (exact) mass is 163 g/mol. The quantitative estimate of drug-likeness (QED) is 0.216. The van der Waals surface area contributed by atoms with Crippen LogP contribution in [0.2, 0.25) is 0 Å². The Labute approximate surface area is 51.7 Å². The Bertz CT molecular complexity index is 142. The molecule has 0 aliphatic carbocycles. The third kappa shape index (κ3) is 1.53. The largest absolute Gasteiger partial charge is 0.417 e. The van der Waals surface area contributed by atoms with Crippen molar-refractivity contribution in [2.45, 2.75) is 6.05 Å². The maximum atomic E-state index is 11.6. The van der Waals surface area contributed by atoms with Crippen molar-refractivity contribution in [3.8, 4) is 0 Å². The highest BCUT2D eigenvalue weighted by atomic mass is 19.4. The van der Waals surface area contributed by atoms with E-state index in [2.05, 4.69) is 5.73 Å². The fraction of sp³-hybridized carbons (Fsp3) is 0.500. The third-order valence-corrected chi connectivity index (χ3v) is 0.612. The lowest BCUT2D eigenvalue weighted by Crippen LogP contribution is -2.43. The van der Waals surface area contributed by atoms with Gasteiger partial charge in [-0.25, -0.2) is 0 Å². The first kappa shape index (κ1) is 9.08. The van der Waals surface area contributed by atoms with Crippen molar-refractivity contribution >= 4 is 5.84 Å². The van der Waals surface area contributed by atoms with Gasteiger partial charge in [-0.05, 0) is 0 Å². The third-order valence-electron chi connectivity index (χ3n) is 0.612. The number of alkyl halides is 2. The van der Waals surface area contributed by atoms with Crippen LogP contribution in [0.5, 0.6) is 0 Å². The minimum atomic E-state index is -4.84. The first-order valence-corrected chi connectivity index (χ1v) is 1.87. The van der Waals surface area contributed by atoms with Gasteiger partial charge < -0.3 is 5.73 Å². The van der Waals surface area contributed by atoms with Gasteiger partial charge in [-0.15, -0.1) is 0 Å². The van der Waals surface area contributed by atoms with Crippen LogP contribution in [0.15, 0.2) is 5.21 Å². The van der Waals surface area contributed by atoms with E-state index in [1.807, 2.05) is 0 Å². The number of hydrogen-bond acceptors (Lipinski definition) is 2. The number of rotatable bonds is 2. The van der Waals surface area contributed by atoms with Crippen LogP contribution in [-0.2, 0) is 0 Å². The number of nitrogens with zero attached hydrogens (tertiary/aromatic N) is 2. The summed E-state index contributed by atoms with van der Waals surface area (Å²) in [4.78, 5) is 0. The predicted molar refractivity (Wildman–Crippen MR) is 21.7 cm³/mol. The molecule has 10 heavy (non-hydrogen) atoms. The van der Waals surface area contributed by atoms with E-state index >= 15 is 0 Å². The van der Waals surface area contributed by atoms with E-state index in [4.69, 9.17) is 0 Å². The van der Waals surface area contributed by atoms with Crippen LogP contribution in [0, 0.1) is 0 Å². The van der Waals surface area contributed by atoms with Gasteiger partial charge in [-0.3, -0.25) is 0 Å². The predicted octanol–water partition coefficient (Wildman–Crippen LogP) is 0.892. The number of hydrogen-bond donors (Lipinski definition) is 1. The average molecular weight is 163 g/mol. The SMILES string of the molecule is NC(=NF)C(F)(F)N(F)F. The van der Waals surface area contributed by atoms with E-state index in [1.54, 1.807) is 0 Å². The minimum Gasteiger partial charge on any atom is -0.379 e. The molecule has 0 aromatic heterocycles. The van der Waals surface area contributed by atoms with Crippen LogP contribution in [0.1, 0.15) is 0 Å². The maximum Gasteiger partial charge on any atom is 0.417 e. The molecule has 8 heteroatoms. The van der Waals surface area contributed by atoms with Gasteiger partial charge >= 0.3 is 6.05 Å². The Balaban J connectivity index is 4.40. The summed E-state index contributed by atoms with van der Waals surface area (Å²) < 4.78 is 56.1. The number of nitrogens with two attached hydrogens (primary N) is 1. The first-order chi connectivity index (χ1) is 4.42. The zero-order chi connectivity index (χ0) is 8.36. The highest BCUT2D eigenvalue weighted by molar-refractivity contribution is 5.86. The smallest absolute Gasteiger partial charge is 0.379 e. The minimum absolute atomic E-state index is 1.20. The van der Waals surface area contributed by atoms with Gasteiger partial charge in [0, 0.05) is 0 Å². The summed E-state index contributed by atoms with van der Waals surface area (Å²) in [6.07, 6.45) is 0. The Hall–Kier alpha value is -0.920. The second-order valence-corrected chi connectivity index (χ2v) is 1.24. The Morgan fingerprint density at radius 2 is 1.80 bits per heavy atom. The molecule has 0 aromatic carbocycles. The van der Waals surface area contributed by atoms with Crippen molar-refractivity contribution in [3.63, 3.8) is 0 Å². The van der Waals surface area contributed by atoms with E-state index in [-0.39, 0.29) is 0 Å². The lowest BCUT2D eigenvalue weighted by Gasteiger charge is -2.12. The molecule has 0 saturated carbocycles. The summed E-state index contributed by atoms with van der Waals surface area (Å²) in [6.45, 7) is 0. The van der Waals surface area contributed by atoms with Crippen molar-refractivity contribution in [3.05, 3.63) is 0 Å². The molecule has 2 N–H and O–H groups in total. The second kappa shape index (κ2) is 2.78. The van der Waals surface area contributed by atoms with Gasteiger partial charge in [-0.1, -0.05) is 18.7 Å². The lowest BCUT2D eigenvalue weighted by atomic mass is 10.5. The molecule has 0 aromatic rings. The van der Waals surface area contributed by atoms with E-state index in [0.717, 1.165) is 0 Å². The molecule has 60 valence electrons. The van der Waals surface area contributed by atoms with Crippen molar-refractivity contribution in [2.75, 3.05) is 0 Å². The standard InChI is InChI=1S/C2H2F5N3/c3-2(4,10(6)7)1(8)9-5/h(H2,8,9). The number of halogens is 5.